The number of rotatable bonds is 13. The number of fused-ring (bicyclic) bond motifs is 3. The van der Waals surface area contributed by atoms with E-state index in [9.17, 15) is 29.0 Å². The molecule has 0 atom stereocenters. The van der Waals surface area contributed by atoms with Crippen LogP contribution in [0.1, 0.15) is 36.7 Å². The number of hydrogen-bond donors (Lipinski definition) is 4. The number of unbranched alkanes of at least 4 members (excludes halogenated alkanes) is 1. The van der Waals surface area contributed by atoms with Crippen LogP contribution in [-0.4, -0.2) is 65.9 Å². The fourth-order valence-electron chi connectivity index (χ4n) is 5.05. The highest BCUT2D eigenvalue weighted by atomic mass is 31.2. The third-order valence-corrected chi connectivity index (χ3v) is 7.53. The number of phosphoric ester groups is 1. The number of nitrogens with two attached hydrogens (primary N) is 1. The predicted octanol–water partition coefficient (Wildman–Crippen LogP) is 3.22. The van der Waals surface area contributed by atoms with Gasteiger partial charge in [0.2, 0.25) is 0 Å². The number of anilines is 1. The number of phenolic OH excluding ortho intramolecular Hbond substituents is 1. The molecule has 2 aromatic heterocycles. The van der Waals surface area contributed by atoms with Crippen LogP contribution in [0.2, 0.25) is 0 Å². The van der Waals surface area contributed by atoms with Crippen molar-refractivity contribution in [2.75, 3.05) is 25.5 Å². The standard InChI is InChI=1S/C29H32N5O8P/c1-2-3-7-23-32-26-27(34(23)17-19-5-4-6-22(35)28(19)42-43(38,39)40)20-16-18(8-9-21(20)31-29(26)30)12-14-41-15-13-33-24(36)10-11-25(33)37/h4-6,8-11,16,35H,2-3,7,12-15,17H2,1H3,(H2,30,31)(H2,38,39,40). The zero-order chi connectivity index (χ0) is 30.7. The third-order valence-electron chi connectivity index (χ3n) is 7.11. The normalized spacial score (nSPS) is 13.6. The van der Waals surface area contributed by atoms with Crippen molar-refractivity contribution in [3.05, 3.63) is 65.5 Å². The zero-order valence-corrected chi connectivity index (χ0v) is 24.4. The maximum absolute atomic E-state index is 11.7. The average Bonchev–Trinajstić information content (AvgIpc) is 3.48. The van der Waals surface area contributed by atoms with Crippen molar-refractivity contribution in [2.45, 2.75) is 39.2 Å². The summed E-state index contributed by atoms with van der Waals surface area (Å²) in [5.74, 6) is -0.449. The van der Waals surface area contributed by atoms with Crippen molar-refractivity contribution >= 4 is 47.4 Å². The van der Waals surface area contributed by atoms with E-state index in [-0.39, 0.29) is 43.1 Å². The lowest BCUT2D eigenvalue weighted by Gasteiger charge is -2.16. The summed E-state index contributed by atoms with van der Waals surface area (Å²) in [6.45, 7) is 2.90. The van der Waals surface area contributed by atoms with Gasteiger partial charge in [0.15, 0.2) is 17.3 Å². The maximum Gasteiger partial charge on any atom is 0.524 e. The van der Waals surface area contributed by atoms with Gasteiger partial charge in [0.25, 0.3) is 11.8 Å². The second kappa shape index (κ2) is 12.5. The topological polar surface area (TPSA) is 190 Å². The van der Waals surface area contributed by atoms with Gasteiger partial charge >= 0.3 is 7.82 Å². The van der Waals surface area contributed by atoms with Crippen LogP contribution >= 0.6 is 7.82 Å². The van der Waals surface area contributed by atoms with E-state index in [4.69, 9.17) is 20.0 Å². The number of aromatic nitrogens is 3. The monoisotopic (exact) mass is 609 g/mol. The zero-order valence-electron chi connectivity index (χ0n) is 23.5. The van der Waals surface area contributed by atoms with E-state index in [1.807, 2.05) is 22.8 Å². The first-order valence-electron chi connectivity index (χ1n) is 13.8. The van der Waals surface area contributed by atoms with Gasteiger partial charge in [-0.15, -0.1) is 0 Å². The number of pyridine rings is 1. The predicted molar refractivity (Wildman–Crippen MR) is 158 cm³/mol. The molecule has 13 nitrogen and oxygen atoms in total. The van der Waals surface area contributed by atoms with Gasteiger partial charge < -0.3 is 24.7 Å². The smallest absolute Gasteiger partial charge is 0.504 e. The first kappa shape index (κ1) is 30.2. The Morgan fingerprint density at radius 3 is 2.51 bits per heavy atom. The number of para-hydroxylation sites is 1. The fraction of sp³-hybridized carbons (Fsp3) is 0.310. The lowest BCUT2D eigenvalue weighted by molar-refractivity contribution is -0.137. The number of aryl methyl sites for hydroxylation is 1. The second-order valence-electron chi connectivity index (χ2n) is 10.1. The Labute approximate surface area is 246 Å². The summed E-state index contributed by atoms with van der Waals surface area (Å²) in [5, 5.41) is 11.2. The van der Waals surface area contributed by atoms with Gasteiger partial charge in [-0.3, -0.25) is 24.3 Å². The number of nitrogens with zero attached hydrogens (tertiary/aromatic N) is 4. The molecule has 0 unspecified atom stereocenters. The maximum atomic E-state index is 11.7. The molecule has 5 N–H and O–H groups in total. The van der Waals surface area contributed by atoms with E-state index in [0.717, 1.165) is 28.7 Å². The van der Waals surface area contributed by atoms with Crippen LogP contribution in [0.4, 0.5) is 5.82 Å². The van der Waals surface area contributed by atoms with E-state index in [1.165, 1.54) is 18.2 Å². The van der Waals surface area contributed by atoms with Gasteiger partial charge in [0, 0.05) is 29.5 Å². The Morgan fingerprint density at radius 2 is 1.79 bits per heavy atom. The minimum Gasteiger partial charge on any atom is -0.504 e. The van der Waals surface area contributed by atoms with Crippen LogP contribution < -0.4 is 10.3 Å². The van der Waals surface area contributed by atoms with Crippen LogP contribution in [-0.2, 0) is 38.3 Å². The van der Waals surface area contributed by atoms with Gasteiger partial charge in [-0.2, -0.15) is 0 Å². The van der Waals surface area contributed by atoms with E-state index < -0.39 is 13.6 Å². The molecule has 0 spiro atoms. The number of phenols is 1. The molecule has 3 heterocycles. The molecule has 0 radical (unpaired) electrons. The SMILES string of the molecule is CCCCc1nc2c(N)nc3ccc(CCOCCN4C(=O)C=CC4=O)cc3c2n1Cc1cccc(O)c1OP(=O)(O)O. The molecule has 0 fully saturated rings. The van der Waals surface area contributed by atoms with E-state index in [1.54, 1.807) is 12.1 Å². The van der Waals surface area contributed by atoms with Crippen molar-refractivity contribution in [3.63, 3.8) is 0 Å². The molecule has 0 saturated heterocycles. The Bertz CT molecular complexity index is 1760. The summed E-state index contributed by atoms with van der Waals surface area (Å²) in [6.07, 6.45) is 5.40. The number of hydrogen-bond acceptors (Lipinski definition) is 9. The Kier molecular flexibility index (Phi) is 8.79. The van der Waals surface area contributed by atoms with Gasteiger partial charge in [0.1, 0.15) is 11.3 Å². The molecule has 0 bridgehead atoms. The summed E-state index contributed by atoms with van der Waals surface area (Å²) in [5.41, 5.74) is 9.48. The van der Waals surface area contributed by atoms with Gasteiger partial charge in [-0.1, -0.05) is 31.5 Å². The van der Waals surface area contributed by atoms with Crippen molar-refractivity contribution < 1.29 is 38.3 Å². The lowest BCUT2D eigenvalue weighted by Crippen LogP contribution is -2.33. The number of imidazole rings is 1. The third kappa shape index (κ3) is 6.70. The molecule has 2 amide bonds. The number of carbonyl (C=O) groups is 2. The number of imide groups is 1. The van der Waals surface area contributed by atoms with E-state index in [0.29, 0.717) is 47.4 Å². The van der Waals surface area contributed by atoms with Crippen LogP contribution in [0, 0.1) is 0 Å². The summed E-state index contributed by atoms with van der Waals surface area (Å²) >= 11 is 0. The van der Waals surface area contributed by atoms with E-state index >= 15 is 0 Å². The van der Waals surface area contributed by atoms with Gasteiger partial charge in [-0.25, -0.2) is 14.5 Å². The van der Waals surface area contributed by atoms with Crippen LogP contribution in [0.3, 0.4) is 0 Å². The first-order chi connectivity index (χ1) is 20.6. The Hall–Kier alpha value is -4.29. The van der Waals surface area contributed by atoms with E-state index in [2.05, 4.69) is 11.9 Å². The molecule has 14 heteroatoms. The number of amides is 2. The number of benzene rings is 2. The molecule has 0 aliphatic carbocycles. The summed E-state index contributed by atoms with van der Waals surface area (Å²) in [6, 6.07) is 10.2. The number of carbonyl (C=O) groups excluding carboxylic acids is 2. The van der Waals surface area contributed by atoms with Gasteiger partial charge in [-0.05, 0) is 36.6 Å². The number of aromatic hydroxyl groups is 1. The molecule has 0 saturated carbocycles. The Balaban J connectivity index is 1.48. The van der Waals surface area contributed by atoms with Crippen LogP contribution in [0.15, 0.2) is 48.6 Å². The lowest BCUT2D eigenvalue weighted by atomic mass is 10.1. The van der Waals surface area contributed by atoms with Crippen LogP contribution in [0.25, 0.3) is 21.9 Å². The molecule has 2 aromatic carbocycles. The summed E-state index contributed by atoms with van der Waals surface area (Å²) < 4.78 is 24.2. The second-order valence-corrected chi connectivity index (χ2v) is 11.3. The van der Waals surface area contributed by atoms with Crippen molar-refractivity contribution in [1.82, 2.24) is 19.4 Å². The summed E-state index contributed by atoms with van der Waals surface area (Å²) in [4.78, 5) is 52.9. The molecule has 1 aliphatic rings. The average molecular weight is 610 g/mol. The highest BCUT2D eigenvalue weighted by molar-refractivity contribution is 7.46. The van der Waals surface area contributed by atoms with Crippen molar-refractivity contribution in [3.8, 4) is 11.5 Å². The first-order valence-corrected chi connectivity index (χ1v) is 15.3. The molecular weight excluding hydrogens is 577 g/mol. The molecule has 4 aromatic rings. The molecule has 226 valence electrons. The molecule has 5 rings (SSSR count). The molecular formula is C29H32N5O8P. The molecule has 1 aliphatic heterocycles. The molecule has 43 heavy (non-hydrogen) atoms. The largest absolute Gasteiger partial charge is 0.524 e. The fourth-order valence-corrected chi connectivity index (χ4v) is 5.49. The minimum atomic E-state index is -4.96. The van der Waals surface area contributed by atoms with Crippen LogP contribution in [0.5, 0.6) is 11.5 Å². The quantitative estimate of drug-likeness (QED) is 0.0989. The summed E-state index contributed by atoms with van der Waals surface area (Å²) in [7, 11) is -4.96. The van der Waals surface area contributed by atoms with Gasteiger partial charge in [0.05, 0.1) is 37.3 Å². The number of nitrogen functional groups attached to an aromatic ring is 1. The highest BCUT2D eigenvalue weighted by Crippen LogP contribution is 2.44. The minimum absolute atomic E-state index is 0.0912. The number of ether oxygens (including phenoxy) is 1. The van der Waals surface area contributed by atoms with Crippen molar-refractivity contribution in [1.29, 1.82) is 0 Å². The Morgan fingerprint density at radius 1 is 1.02 bits per heavy atom. The highest BCUT2D eigenvalue weighted by Gasteiger charge is 2.25. The number of phosphoric acid groups is 1. The van der Waals surface area contributed by atoms with Crippen molar-refractivity contribution in [2.24, 2.45) is 0 Å².